The number of hydrogen-bond acceptors (Lipinski definition) is 3. The zero-order valence-electron chi connectivity index (χ0n) is 10.2. The zero-order valence-corrected chi connectivity index (χ0v) is 12.6. The molecule has 3 rings (SSSR count). The molecule has 0 fully saturated rings. The molecule has 0 aliphatic heterocycles. The Kier molecular flexibility index (Phi) is 3.30. The maximum absolute atomic E-state index is 11.3. The first-order chi connectivity index (χ1) is 9.19. The average Bonchev–Trinajstić information content (AvgIpc) is 2.99. The van der Waals surface area contributed by atoms with Crippen LogP contribution in [-0.4, -0.2) is 17.0 Å². The number of aromatic amines is 2. The summed E-state index contributed by atoms with van der Waals surface area (Å²) in [6.45, 7) is 0. The van der Waals surface area contributed by atoms with Crippen molar-refractivity contribution < 1.29 is 0 Å². The van der Waals surface area contributed by atoms with Crippen molar-refractivity contribution in [2.75, 3.05) is 7.05 Å². The van der Waals surface area contributed by atoms with Gasteiger partial charge in [0.25, 0.3) is 0 Å². The van der Waals surface area contributed by atoms with Gasteiger partial charge in [0.05, 0.1) is 17.1 Å². The Hall–Kier alpha value is -1.37. The topological polar surface area (TPSA) is 60.7 Å². The highest BCUT2D eigenvalue weighted by atomic mass is 79.9. The summed E-state index contributed by atoms with van der Waals surface area (Å²) in [5, 5.41) is 7.49. The third-order valence-electron chi connectivity index (χ3n) is 3.11. The Balaban J connectivity index is 2.17. The number of thiophene rings is 1. The van der Waals surface area contributed by atoms with Crippen LogP contribution in [0.3, 0.4) is 0 Å². The maximum atomic E-state index is 11.3. The van der Waals surface area contributed by atoms with Crippen molar-refractivity contribution in [3.63, 3.8) is 0 Å². The average molecular weight is 338 g/mol. The molecule has 2 heterocycles. The first-order valence-corrected chi connectivity index (χ1v) is 7.53. The predicted molar refractivity (Wildman–Crippen MR) is 81.8 cm³/mol. The number of fused-ring (bicyclic) bond motifs is 1. The van der Waals surface area contributed by atoms with E-state index in [1.165, 1.54) is 5.56 Å². The Morgan fingerprint density at radius 1 is 1.32 bits per heavy atom. The molecule has 19 heavy (non-hydrogen) atoms. The fourth-order valence-corrected chi connectivity index (χ4v) is 3.49. The van der Waals surface area contributed by atoms with Gasteiger partial charge in [-0.15, -0.1) is 0 Å². The lowest BCUT2D eigenvalue weighted by molar-refractivity contribution is 0.692. The van der Waals surface area contributed by atoms with Gasteiger partial charge in [-0.05, 0) is 47.1 Å². The van der Waals surface area contributed by atoms with Crippen molar-refractivity contribution in [1.29, 1.82) is 0 Å². The number of benzene rings is 1. The Morgan fingerprint density at radius 3 is 2.68 bits per heavy atom. The molecule has 0 bridgehead atoms. The largest absolute Gasteiger partial charge is 0.323 e. The number of aromatic nitrogens is 2. The van der Waals surface area contributed by atoms with Gasteiger partial charge in [0.15, 0.2) is 0 Å². The first-order valence-electron chi connectivity index (χ1n) is 5.80. The van der Waals surface area contributed by atoms with E-state index in [1.807, 2.05) is 19.2 Å². The van der Waals surface area contributed by atoms with Gasteiger partial charge in [-0.25, -0.2) is 4.79 Å². The summed E-state index contributed by atoms with van der Waals surface area (Å²) in [5.41, 5.74) is 3.75. The van der Waals surface area contributed by atoms with E-state index < -0.39 is 0 Å². The molecule has 0 aliphatic rings. The molecule has 0 saturated carbocycles. The molecule has 3 aromatic rings. The van der Waals surface area contributed by atoms with Crippen LogP contribution in [0, 0.1) is 0 Å². The van der Waals surface area contributed by atoms with Crippen LogP contribution >= 0.6 is 27.3 Å². The summed E-state index contributed by atoms with van der Waals surface area (Å²) in [6.07, 6.45) is 0. The number of hydrogen-bond donors (Lipinski definition) is 3. The van der Waals surface area contributed by atoms with Crippen LogP contribution in [0.15, 0.2) is 38.2 Å². The second kappa shape index (κ2) is 4.96. The van der Waals surface area contributed by atoms with Crippen LogP contribution < -0.4 is 11.0 Å². The summed E-state index contributed by atoms with van der Waals surface area (Å²) in [5.74, 6) is 0. The number of nitrogens with one attached hydrogen (secondary N) is 3. The molecule has 1 atom stereocenters. The molecular formula is C13H12BrN3OS. The van der Waals surface area contributed by atoms with E-state index in [0.717, 1.165) is 21.1 Å². The minimum absolute atomic E-state index is 0.100. The highest BCUT2D eigenvalue weighted by molar-refractivity contribution is 9.10. The highest BCUT2D eigenvalue weighted by Crippen LogP contribution is 2.31. The molecule has 2 aromatic heterocycles. The van der Waals surface area contributed by atoms with E-state index in [1.54, 1.807) is 11.3 Å². The van der Waals surface area contributed by atoms with Crippen molar-refractivity contribution in [3.05, 3.63) is 55.0 Å². The maximum Gasteiger partial charge on any atom is 0.323 e. The van der Waals surface area contributed by atoms with Crippen molar-refractivity contribution in [2.24, 2.45) is 0 Å². The summed E-state index contributed by atoms with van der Waals surface area (Å²) in [6, 6.07) is 6.13. The van der Waals surface area contributed by atoms with Crippen LogP contribution in [0.1, 0.15) is 17.2 Å². The van der Waals surface area contributed by atoms with E-state index in [2.05, 4.69) is 48.0 Å². The van der Waals surface area contributed by atoms with Gasteiger partial charge >= 0.3 is 5.69 Å². The van der Waals surface area contributed by atoms with E-state index in [0.29, 0.717) is 0 Å². The smallest absolute Gasteiger partial charge is 0.309 e. The van der Waals surface area contributed by atoms with Crippen molar-refractivity contribution in [3.8, 4) is 0 Å². The van der Waals surface area contributed by atoms with Crippen LogP contribution in [0.5, 0.6) is 0 Å². The fourth-order valence-electron chi connectivity index (χ4n) is 2.23. The van der Waals surface area contributed by atoms with Gasteiger partial charge in [0.2, 0.25) is 0 Å². The zero-order chi connectivity index (χ0) is 13.4. The molecule has 1 aromatic carbocycles. The minimum Gasteiger partial charge on any atom is -0.309 e. The van der Waals surface area contributed by atoms with Gasteiger partial charge in [-0.2, -0.15) is 11.3 Å². The van der Waals surface area contributed by atoms with E-state index in [9.17, 15) is 4.79 Å². The monoisotopic (exact) mass is 337 g/mol. The number of rotatable bonds is 3. The molecule has 3 N–H and O–H groups in total. The second-order valence-electron chi connectivity index (χ2n) is 4.28. The molecule has 0 radical (unpaired) electrons. The fraction of sp³-hybridized carbons (Fsp3) is 0.154. The molecule has 6 heteroatoms. The lowest BCUT2D eigenvalue weighted by Crippen LogP contribution is -2.17. The second-order valence-corrected chi connectivity index (χ2v) is 5.91. The van der Waals surface area contributed by atoms with E-state index >= 15 is 0 Å². The highest BCUT2D eigenvalue weighted by Gasteiger charge is 2.16. The van der Waals surface area contributed by atoms with Crippen molar-refractivity contribution in [1.82, 2.24) is 15.3 Å². The lowest BCUT2D eigenvalue weighted by Gasteiger charge is -2.17. The molecule has 0 saturated heterocycles. The third-order valence-corrected chi connectivity index (χ3v) is 4.50. The van der Waals surface area contributed by atoms with Gasteiger partial charge in [0, 0.05) is 4.47 Å². The normalized spacial score (nSPS) is 12.9. The lowest BCUT2D eigenvalue weighted by atomic mass is 10.0. The van der Waals surface area contributed by atoms with Gasteiger partial charge in [-0.3, -0.25) is 0 Å². The van der Waals surface area contributed by atoms with Crippen LogP contribution in [-0.2, 0) is 0 Å². The van der Waals surface area contributed by atoms with Gasteiger partial charge in [-0.1, -0.05) is 15.9 Å². The number of halogens is 1. The van der Waals surface area contributed by atoms with Gasteiger partial charge < -0.3 is 15.3 Å². The molecular weight excluding hydrogens is 326 g/mol. The minimum atomic E-state index is -0.185. The molecule has 98 valence electrons. The summed E-state index contributed by atoms with van der Waals surface area (Å²) >= 11 is 5.25. The van der Waals surface area contributed by atoms with E-state index in [-0.39, 0.29) is 11.7 Å². The molecule has 0 amide bonds. The summed E-state index contributed by atoms with van der Waals surface area (Å²) < 4.78 is 0.973. The molecule has 4 nitrogen and oxygen atoms in total. The molecule has 0 spiro atoms. The Labute approximate surface area is 122 Å². The summed E-state index contributed by atoms with van der Waals surface area (Å²) in [7, 11) is 1.93. The molecule has 0 aliphatic carbocycles. The summed E-state index contributed by atoms with van der Waals surface area (Å²) in [4.78, 5) is 16.9. The molecule has 1 unspecified atom stereocenters. The van der Waals surface area contributed by atoms with Crippen molar-refractivity contribution >= 4 is 38.3 Å². The standard InChI is InChI=1S/C13H12BrN3OS/c1-15-12(7-2-3-19-6-7)8-4-10-11(5-9(8)14)17-13(18)16-10/h2-6,12,15H,1H3,(H2,16,17,18). The van der Waals surface area contributed by atoms with Crippen LogP contribution in [0.25, 0.3) is 11.0 Å². The first kappa shape index (κ1) is 12.7. The van der Waals surface area contributed by atoms with Crippen LogP contribution in [0.4, 0.5) is 0 Å². The third kappa shape index (κ3) is 2.27. The Bertz CT molecular complexity index is 760. The van der Waals surface area contributed by atoms with Crippen LogP contribution in [0.2, 0.25) is 0 Å². The van der Waals surface area contributed by atoms with Crippen molar-refractivity contribution in [2.45, 2.75) is 6.04 Å². The van der Waals surface area contributed by atoms with Gasteiger partial charge in [0.1, 0.15) is 0 Å². The quantitative estimate of drug-likeness (QED) is 0.688. The Morgan fingerprint density at radius 2 is 2.05 bits per heavy atom. The predicted octanol–water partition coefficient (Wildman–Crippen LogP) is 2.99. The number of imidazole rings is 1. The SMILES string of the molecule is CNC(c1ccsc1)c1cc2[nH]c(=O)[nH]c2cc1Br. The number of H-pyrrole nitrogens is 2. The van der Waals surface area contributed by atoms with E-state index in [4.69, 9.17) is 0 Å².